The molecule has 1 amide bonds. The van der Waals surface area contributed by atoms with Crippen LogP contribution in [-0.4, -0.2) is 12.1 Å². The molecular weight excluding hydrogens is 296 g/mol. The Morgan fingerprint density at radius 3 is 2.89 bits per heavy atom. The number of nitrogens with zero attached hydrogens (tertiary/aromatic N) is 1. The summed E-state index contributed by atoms with van der Waals surface area (Å²) in [4.78, 5) is 11.6. The van der Waals surface area contributed by atoms with Gasteiger partial charge in [0.1, 0.15) is 5.76 Å². The van der Waals surface area contributed by atoms with E-state index in [2.05, 4.69) is 26.5 Å². The van der Waals surface area contributed by atoms with E-state index in [4.69, 9.17) is 4.42 Å². The molecule has 0 aliphatic rings. The van der Waals surface area contributed by atoms with Crippen LogP contribution in [0.5, 0.6) is 0 Å². The number of halogens is 1. The highest BCUT2D eigenvalue weighted by atomic mass is 79.9. The molecule has 0 saturated heterocycles. The van der Waals surface area contributed by atoms with Crippen LogP contribution in [0.4, 0.5) is 0 Å². The van der Waals surface area contributed by atoms with Crippen LogP contribution in [0.1, 0.15) is 21.9 Å². The first-order valence-electron chi connectivity index (χ1n) is 5.30. The van der Waals surface area contributed by atoms with Crippen LogP contribution in [-0.2, 0) is 0 Å². The topological polar surface area (TPSA) is 54.6 Å². The Morgan fingerprint density at radius 2 is 2.22 bits per heavy atom. The van der Waals surface area contributed by atoms with Crippen LogP contribution >= 0.6 is 15.9 Å². The van der Waals surface area contributed by atoms with Crippen molar-refractivity contribution < 1.29 is 9.21 Å². The maximum Gasteiger partial charge on any atom is 0.307 e. The van der Waals surface area contributed by atoms with Crippen molar-refractivity contribution >= 4 is 28.1 Å². The lowest BCUT2D eigenvalue weighted by Gasteiger charge is -1.96. The van der Waals surface area contributed by atoms with Crippen LogP contribution in [0.2, 0.25) is 0 Å². The molecule has 18 heavy (non-hydrogen) atoms. The number of hydrazone groups is 1. The molecule has 1 aromatic carbocycles. The first-order chi connectivity index (χ1) is 8.65. The van der Waals surface area contributed by atoms with E-state index in [0.717, 1.165) is 10.0 Å². The molecule has 2 rings (SSSR count). The van der Waals surface area contributed by atoms with Crippen molar-refractivity contribution in [2.45, 2.75) is 6.92 Å². The highest BCUT2D eigenvalue weighted by molar-refractivity contribution is 9.10. The SMILES string of the molecule is Cc1ccc(C(=O)N/N=C\c2cccc(Br)c2)o1. The summed E-state index contributed by atoms with van der Waals surface area (Å²) in [6, 6.07) is 10.9. The highest BCUT2D eigenvalue weighted by Crippen LogP contribution is 2.10. The third-order valence-electron chi connectivity index (χ3n) is 2.19. The number of hydrogen-bond donors (Lipinski definition) is 1. The fourth-order valence-electron chi connectivity index (χ4n) is 1.36. The second-order valence-corrected chi connectivity index (χ2v) is 4.58. The first kappa shape index (κ1) is 12.6. The van der Waals surface area contributed by atoms with Gasteiger partial charge in [-0.1, -0.05) is 28.1 Å². The summed E-state index contributed by atoms with van der Waals surface area (Å²) in [7, 11) is 0. The zero-order valence-electron chi connectivity index (χ0n) is 9.68. The number of carbonyl (C=O) groups excluding carboxylic acids is 1. The lowest BCUT2D eigenvalue weighted by Crippen LogP contribution is -2.16. The molecule has 0 saturated carbocycles. The standard InChI is InChI=1S/C13H11BrN2O2/c1-9-5-6-12(18-9)13(17)16-15-8-10-3-2-4-11(14)7-10/h2-8H,1H3,(H,16,17)/b15-8-. The largest absolute Gasteiger partial charge is 0.456 e. The van der Waals surface area contributed by atoms with E-state index in [1.165, 1.54) is 0 Å². The number of hydrogen-bond acceptors (Lipinski definition) is 3. The summed E-state index contributed by atoms with van der Waals surface area (Å²) in [6.45, 7) is 1.78. The van der Waals surface area contributed by atoms with Crippen LogP contribution in [0, 0.1) is 6.92 Å². The molecule has 1 heterocycles. The van der Waals surface area contributed by atoms with Crippen molar-refractivity contribution in [2.24, 2.45) is 5.10 Å². The summed E-state index contributed by atoms with van der Waals surface area (Å²) >= 11 is 3.36. The van der Waals surface area contributed by atoms with Gasteiger partial charge in [0.2, 0.25) is 0 Å². The fraction of sp³-hybridized carbons (Fsp3) is 0.0769. The van der Waals surface area contributed by atoms with E-state index in [0.29, 0.717) is 5.76 Å². The Labute approximate surface area is 113 Å². The van der Waals surface area contributed by atoms with Gasteiger partial charge in [0.05, 0.1) is 6.21 Å². The van der Waals surface area contributed by atoms with Crippen molar-refractivity contribution in [1.29, 1.82) is 0 Å². The van der Waals surface area contributed by atoms with Gasteiger partial charge in [-0.25, -0.2) is 5.43 Å². The average Bonchev–Trinajstić information content (AvgIpc) is 2.76. The molecular formula is C13H11BrN2O2. The Hall–Kier alpha value is -1.88. The number of aryl methyl sites for hydroxylation is 1. The second kappa shape index (κ2) is 5.64. The van der Waals surface area contributed by atoms with Crippen LogP contribution in [0.25, 0.3) is 0 Å². The molecule has 0 atom stereocenters. The number of furan rings is 1. The molecule has 1 N–H and O–H groups in total. The second-order valence-electron chi connectivity index (χ2n) is 3.66. The molecule has 0 bridgehead atoms. The molecule has 92 valence electrons. The minimum atomic E-state index is -0.366. The molecule has 2 aromatic rings. The summed E-state index contributed by atoms with van der Waals surface area (Å²) in [5.41, 5.74) is 3.29. The van der Waals surface area contributed by atoms with Gasteiger partial charge in [0, 0.05) is 4.47 Å². The minimum Gasteiger partial charge on any atom is -0.456 e. The van der Waals surface area contributed by atoms with Gasteiger partial charge in [0.15, 0.2) is 5.76 Å². The predicted molar refractivity (Wildman–Crippen MR) is 72.6 cm³/mol. The van der Waals surface area contributed by atoms with E-state index in [1.54, 1.807) is 25.3 Å². The highest BCUT2D eigenvalue weighted by Gasteiger charge is 2.07. The Balaban J connectivity index is 1.97. The van der Waals surface area contributed by atoms with E-state index in [9.17, 15) is 4.79 Å². The number of benzene rings is 1. The lowest BCUT2D eigenvalue weighted by molar-refractivity contribution is 0.0926. The van der Waals surface area contributed by atoms with Gasteiger partial charge >= 0.3 is 5.91 Å². The molecule has 0 unspecified atom stereocenters. The quantitative estimate of drug-likeness (QED) is 0.699. The zero-order valence-corrected chi connectivity index (χ0v) is 11.3. The molecule has 0 spiro atoms. The van der Waals surface area contributed by atoms with E-state index in [-0.39, 0.29) is 11.7 Å². The van der Waals surface area contributed by atoms with E-state index >= 15 is 0 Å². The Bertz CT molecular complexity index is 590. The smallest absolute Gasteiger partial charge is 0.307 e. The van der Waals surface area contributed by atoms with Gasteiger partial charge in [-0.2, -0.15) is 5.10 Å². The maximum absolute atomic E-state index is 11.6. The van der Waals surface area contributed by atoms with Crippen molar-refractivity contribution in [2.75, 3.05) is 0 Å². The van der Waals surface area contributed by atoms with E-state index < -0.39 is 0 Å². The maximum atomic E-state index is 11.6. The van der Waals surface area contributed by atoms with Gasteiger partial charge < -0.3 is 4.42 Å². The summed E-state index contributed by atoms with van der Waals surface area (Å²) in [6.07, 6.45) is 1.57. The molecule has 0 radical (unpaired) electrons. The zero-order chi connectivity index (χ0) is 13.0. The summed E-state index contributed by atoms with van der Waals surface area (Å²) < 4.78 is 6.13. The normalized spacial score (nSPS) is 10.8. The summed E-state index contributed by atoms with van der Waals surface area (Å²) in [5.74, 6) is 0.573. The lowest BCUT2D eigenvalue weighted by atomic mass is 10.2. The Kier molecular flexibility index (Phi) is 3.94. The molecule has 0 aliphatic carbocycles. The predicted octanol–water partition coefficient (Wildman–Crippen LogP) is 3.11. The van der Waals surface area contributed by atoms with Crippen molar-refractivity contribution in [3.05, 3.63) is 58.0 Å². The minimum absolute atomic E-state index is 0.249. The Morgan fingerprint density at radius 1 is 1.39 bits per heavy atom. The number of nitrogens with one attached hydrogen (secondary N) is 1. The van der Waals surface area contributed by atoms with Crippen LogP contribution < -0.4 is 5.43 Å². The summed E-state index contributed by atoms with van der Waals surface area (Å²) in [5, 5.41) is 3.86. The number of carbonyl (C=O) groups is 1. The molecule has 0 aliphatic heterocycles. The number of rotatable bonds is 3. The molecule has 1 aromatic heterocycles. The first-order valence-corrected chi connectivity index (χ1v) is 6.10. The van der Waals surface area contributed by atoms with Gasteiger partial charge in [-0.15, -0.1) is 0 Å². The van der Waals surface area contributed by atoms with Gasteiger partial charge in [0.25, 0.3) is 0 Å². The monoisotopic (exact) mass is 306 g/mol. The molecule has 5 heteroatoms. The third kappa shape index (κ3) is 3.30. The van der Waals surface area contributed by atoms with Crippen LogP contribution in [0.15, 0.2) is 50.4 Å². The van der Waals surface area contributed by atoms with Crippen LogP contribution in [0.3, 0.4) is 0 Å². The van der Waals surface area contributed by atoms with Crippen molar-refractivity contribution in [1.82, 2.24) is 5.43 Å². The van der Waals surface area contributed by atoms with Crippen molar-refractivity contribution in [3.63, 3.8) is 0 Å². The molecule has 4 nitrogen and oxygen atoms in total. The van der Waals surface area contributed by atoms with Gasteiger partial charge in [-0.05, 0) is 36.8 Å². The third-order valence-corrected chi connectivity index (χ3v) is 2.69. The van der Waals surface area contributed by atoms with Gasteiger partial charge in [-0.3, -0.25) is 4.79 Å². The van der Waals surface area contributed by atoms with E-state index in [1.807, 2.05) is 24.3 Å². The fourth-order valence-corrected chi connectivity index (χ4v) is 1.78. The van der Waals surface area contributed by atoms with Crippen molar-refractivity contribution in [3.8, 4) is 0 Å². The average molecular weight is 307 g/mol. The number of amides is 1. The molecule has 0 fully saturated rings.